The van der Waals surface area contributed by atoms with Crippen molar-refractivity contribution >= 4 is 44.4 Å². The van der Waals surface area contributed by atoms with E-state index < -0.39 is 0 Å². The largest absolute Gasteiger partial charge is 0.348 e. The van der Waals surface area contributed by atoms with Crippen molar-refractivity contribution in [1.29, 1.82) is 0 Å². The lowest BCUT2D eigenvalue weighted by Gasteiger charge is -2.36. The Morgan fingerprint density at radius 1 is 1.33 bits per heavy atom. The molecule has 0 radical (unpaired) electrons. The van der Waals surface area contributed by atoms with E-state index in [9.17, 15) is 4.79 Å². The van der Waals surface area contributed by atoms with Gasteiger partial charge in [-0.1, -0.05) is 17.4 Å². The van der Waals surface area contributed by atoms with Crippen molar-refractivity contribution in [1.82, 2.24) is 19.4 Å². The van der Waals surface area contributed by atoms with Crippen molar-refractivity contribution in [3.8, 4) is 0 Å². The van der Waals surface area contributed by atoms with Crippen LogP contribution in [0.4, 0.5) is 5.13 Å². The minimum absolute atomic E-state index is 0.0399. The fraction of sp³-hybridized carbons (Fsp3) is 0.421. The van der Waals surface area contributed by atoms with Gasteiger partial charge in [0.15, 0.2) is 5.13 Å². The van der Waals surface area contributed by atoms with Gasteiger partial charge in [0.05, 0.1) is 22.7 Å². The van der Waals surface area contributed by atoms with E-state index in [0.717, 1.165) is 36.6 Å². The second-order valence-electron chi connectivity index (χ2n) is 6.83. The van der Waals surface area contributed by atoms with Crippen molar-refractivity contribution in [3.63, 3.8) is 0 Å². The van der Waals surface area contributed by atoms with Crippen LogP contribution in [0.1, 0.15) is 23.3 Å². The molecule has 3 aromatic rings. The Morgan fingerprint density at radius 3 is 2.78 bits per heavy atom. The maximum atomic E-state index is 12.7. The summed E-state index contributed by atoms with van der Waals surface area (Å²) in [6, 6.07) is 6.62. The van der Waals surface area contributed by atoms with Gasteiger partial charge in [-0.3, -0.25) is 4.79 Å². The third-order valence-electron chi connectivity index (χ3n) is 5.23. The standard InChI is InChI=1S/C19H23N5OS2/c1-22-12-20-11-14(22)18(25)23(2)13-7-9-24(10-8-13)19-21-17-15(26-3)5-4-6-16(17)27-19/h4-6,11-13H,7-10H2,1-3H3. The molecule has 0 aliphatic carbocycles. The van der Waals surface area contributed by atoms with Gasteiger partial charge in [-0.2, -0.15) is 0 Å². The highest BCUT2D eigenvalue weighted by Crippen LogP contribution is 2.35. The topological polar surface area (TPSA) is 54.3 Å². The van der Waals surface area contributed by atoms with E-state index in [1.54, 1.807) is 40.2 Å². The van der Waals surface area contributed by atoms with Gasteiger partial charge in [0.2, 0.25) is 0 Å². The van der Waals surface area contributed by atoms with Crippen LogP contribution in [0.3, 0.4) is 0 Å². The number of thiazole rings is 1. The Kier molecular flexibility index (Phi) is 5.10. The van der Waals surface area contributed by atoms with Gasteiger partial charge >= 0.3 is 0 Å². The van der Waals surface area contributed by atoms with Crippen LogP contribution in [-0.2, 0) is 7.05 Å². The Bertz CT molecular complexity index is 958. The van der Waals surface area contributed by atoms with Gasteiger partial charge in [-0.05, 0) is 31.2 Å². The molecule has 6 nitrogen and oxygen atoms in total. The summed E-state index contributed by atoms with van der Waals surface area (Å²) in [4.78, 5) is 27.1. The SMILES string of the molecule is CSc1cccc2sc(N3CCC(N(C)C(=O)c4cncn4C)CC3)nc12. The summed E-state index contributed by atoms with van der Waals surface area (Å²) in [5.74, 6) is 0.0399. The normalized spacial score (nSPS) is 15.4. The number of amides is 1. The number of fused-ring (bicyclic) bond motifs is 1. The fourth-order valence-corrected chi connectivity index (χ4v) is 5.24. The smallest absolute Gasteiger partial charge is 0.272 e. The van der Waals surface area contributed by atoms with Crippen LogP contribution in [0.25, 0.3) is 10.2 Å². The molecule has 4 rings (SSSR count). The molecule has 27 heavy (non-hydrogen) atoms. The molecule has 0 spiro atoms. The Morgan fingerprint density at radius 2 is 2.11 bits per heavy atom. The van der Waals surface area contributed by atoms with Gasteiger partial charge in [0.1, 0.15) is 5.69 Å². The molecule has 0 unspecified atom stereocenters. The van der Waals surface area contributed by atoms with Crippen LogP contribution in [0.15, 0.2) is 35.6 Å². The number of aryl methyl sites for hydroxylation is 1. The lowest BCUT2D eigenvalue weighted by Crippen LogP contribution is -2.46. The molecule has 0 saturated carbocycles. The van der Waals surface area contributed by atoms with Crippen LogP contribution in [-0.4, -0.2) is 57.8 Å². The molecule has 1 amide bonds. The van der Waals surface area contributed by atoms with Crippen molar-refractivity contribution in [2.45, 2.75) is 23.8 Å². The molecule has 3 heterocycles. The first-order valence-corrected chi connectivity index (χ1v) is 11.0. The number of rotatable bonds is 4. The first-order valence-electron chi connectivity index (χ1n) is 9.00. The minimum atomic E-state index is 0.0399. The summed E-state index contributed by atoms with van der Waals surface area (Å²) in [5, 5.41) is 1.09. The zero-order valence-corrected chi connectivity index (χ0v) is 17.4. The molecule has 1 fully saturated rings. The number of carbonyl (C=O) groups is 1. The third kappa shape index (κ3) is 3.43. The summed E-state index contributed by atoms with van der Waals surface area (Å²) in [6.07, 6.45) is 7.29. The summed E-state index contributed by atoms with van der Waals surface area (Å²) in [7, 11) is 3.75. The molecule has 1 saturated heterocycles. The summed E-state index contributed by atoms with van der Waals surface area (Å²) in [5.41, 5.74) is 1.74. The molecule has 2 aromatic heterocycles. The highest BCUT2D eigenvalue weighted by Gasteiger charge is 2.28. The van der Waals surface area contributed by atoms with Crippen LogP contribution in [0, 0.1) is 0 Å². The summed E-state index contributed by atoms with van der Waals surface area (Å²) < 4.78 is 3.01. The molecule has 1 aliphatic rings. The maximum absolute atomic E-state index is 12.7. The predicted molar refractivity (Wildman–Crippen MR) is 112 cm³/mol. The number of para-hydroxylation sites is 1. The number of aromatic nitrogens is 3. The van der Waals surface area contributed by atoms with E-state index in [0.29, 0.717) is 5.69 Å². The summed E-state index contributed by atoms with van der Waals surface area (Å²) >= 11 is 3.50. The first-order chi connectivity index (χ1) is 13.1. The second-order valence-corrected chi connectivity index (χ2v) is 8.68. The Labute approximate surface area is 167 Å². The number of thioether (sulfide) groups is 1. The van der Waals surface area contributed by atoms with Crippen LogP contribution < -0.4 is 4.90 Å². The van der Waals surface area contributed by atoms with Crippen molar-refractivity contribution in [2.24, 2.45) is 7.05 Å². The average molecular weight is 402 g/mol. The third-order valence-corrected chi connectivity index (χ3v) is 7.08. The zero-order chi connectivity index (χ0) is 19.0. The predicted octanol–water partition coefficient (Wildman–Crippen LogP) is 3.49. The van der Waals surface area contributed by atoms with E-state index in [4.69, 9.17) is 4.98 Å². The molecule has 0 bridgehead atoms. The molecule has 1 aromatic carbocycles. The van der Waals surface area contributed by atoms with Gasteiger partial charge in [0, 0.05) is 38.1 Å². The van der Waals surface area contributed by atoms with Gasteiger partial charge in [-0.15, -0.1) is 11.8 Å². The number of piperidine rings is 1. The number of anilines is 1. The molecule has 0 atom stereocenters. The summed E-state index contributed by atoms with van der Waals surface area (Å²) in [6.45, 7) is 1.84. The second kappa shape index (κ2) is 7.52. The Hall–Kier alpha value is -2.06. The lowest BCUT2D eigenvalue weighted by atomic mass is 10.0. The van der Waals surface area contributed by atoms with Gasteiger partial charge < -0.3 is 14.4 Å². The first kappa shape index (κ1) is 18.3. The zero-order valence-electron chi connectivity index (χ0n) is 15.8. The quantitative estimate of drug-likeness (QED) is 0.627. The maximum Gasteiger partial charge on any atom is 0.272 e. The number of benzene rings is 1. The Balaban J connectivity index is 1.44. The molecule has 0 N–H and O–H groups in total. The molecule has 142 valence electrons. The van der Waals surface area contributed by atoms with Crippen molar-refractivity contribution in [2.75, 3.05) is 31.3 Å². The highest BCUT2D eigenvalue weighted by atomic mass is 32.2. The number of hydrogen-bond acceptors (Lipinski definition) is 6. The van der Waals surface area contributed by atoms with Crippen LogP contribution in [0.5, 0.6) is 0 Å². The fourth-order valence-electron chi connectivity index (χ4n) is 3.57. The average Bonchev–Trinajstić information content (AvgIpc) is 3.32. The molecular weight excluding hydrogens is 378 g/mol. The molecule has 1 aliphatic heterocycles. The van der Waals surface area contributed by atoms with E-state index in [1.165, 1.54) is 9.60 Å². The van der Waals surface area contributed by atoms with Crippen molar-refractivity contribution in [3.05, 3.63) is 36.4 Å². The molecular formula is C19H23N5OS2. The van der Waals surface area contributed by atoms with E-state index in [2.05, 4.69) is 34.3 Å². The minimum Gasteiger partial charge on any atom is -0.348 e. The van der Waals surface area contributed by atoms with Gasteiger partial charge in [0.25, 0.3) is 5.91 Å². The number of imidazole rings is 1. The number of nitrogens with zero attached hydrogens (tertiary/aromatic N) is 5. The van der Waals surface area contributed by atoms with E-state index >= 15 is 0 Å². The monoisotopic (exact) mass is 401 g/mol. The lowest BCUT2D eigenvalue weighted by molar-refractivity contribution is 0.0699. The highest BCUT2D eigenvalue weighted by molar-refractivity contribution is 7.98. The number of hydrogen-bond donors (Lipinski definition) is 0. The van der Waals surface area contributed by atoms with Crippen LogP contribution in [0.2, 0.25) is 0 Å². The van der Waals surface area contributed by atoms with Gasteiger partial charge in [-0.25, -0.2) is 9.97 Å². The number of carbonyl (C=O) groups excluding carboxylic acids is 1. The van der Waals surface area contributed by atoms with E-state index in [-0.39, 0.29) is 11.9 Å². The van der Waals surface area contributed by atoms with Crippen molar-refractivity contribution < 1.29 is 4.79 Å². The van der Waals surface area contributed by atoms with Crippen LogP contribution >= 0.6 is 23.1 Å². The molecule has 8 heteroatoms. The van der Waals surface area contributed by atoms with E-state index in [1.807, 2.05) is 19.0 Å².